The highest BCUT2D eigenvalue weighted by molar-refractivity contribution is 6.06. The summed E-state index contributed by atoms with van der Waals surface area (Å²) in [6, 6.07) is 9.66. The maximum Gasteiger partial charge on any atom is 0.252 e. The lowest BCUT2D eigenvalue weighted by Crippen LogP contribution is -2.38. The predicted octanol–water partition coefficient (Wildman–Crippen LogP) is 3.01. The number of aliphatic hydroxyl groups excluding tert-OH is 1. The Labute approximate surface area is 193 Å². The van der Waals surface area contributed by atoms with Crippen LogP contribution in [0.25, 0.3) is 22.3 Å². The first-order valence-corrected chi connectivity index (χ1v) is 11.1. The molecule has 1 aliphatic heterocycles. The van der Waals surface area contributed by atoms with Gasteiger partial charge in [-0.15, -0.1) is 0 Å². The fourth-order valence-corrected chi connectivity index (χ4v) is 4.15. The Hall–Kier alpha value is -3.49. The molecule has 2 aromatic heterocycles. The number of rotatable bonds is 6. The number of aliphatic hydroxyl groups is 1. The number of nitrogens with zero attached hydrogens (tertiary/aromatic N) is 3. The van der Waals surface area contributed by atoms with E-state index in [1.54, 1.807) is 12.3 Å². The molecule has 33 heavy (non-hydrogen) atoms. The largest absolute Gasteiger partial charge is 0.370 e. The van der Waals surface area contributed by atoms with E-state index in [1.165, 1.54) is 0 Å². The smallest absolute Gasteiger partial charge is 0.252 e. The van der Waals surface area contributed by atoms with Crippen molar-refractivity contribution >= 4 is 16.9 Å². The molecule has 1 aromatic carbocycles. The summed E-state index contributed by atoms with van der Waals surface area (Å²) in [5.41, 5.74) is 12.1. The second kappa shape index (κ2) is 9.17. The summed E-state index contributed by atoms with van der Waals surface area (Å²) in [4.78, 5) is 18.2. The molecule has 8 nitrogen and oxygen atoms in total. The standard InChI is InChI=1S/C25H30N6O2/c1-14(2)31-23-21(13-28-31)19(10-22(30-23)18-8-6-5-7-17(18)11-26)24(32)27-12-20-15(3)9-16(4)29-25(20)33/h5-10,13-14,25,29,33H,11-12,26H2,1-4H3,(H,27,32). The van der Waals surface area contributed by atoms with Crippen molar-refractivity contribution in [1.82, 2.24) is 25.4 Å². The van der Waals surface area contributed by atoms with Crippen LogP contribution in [-0.4, -0.2) is 38.6 Å². The van der Waals surface area contributed by atoms with E-state index in [2.05, 4.69) is 15.7 Å². The van der Waals surface area contributed by atoms with E-state index >= 15 is 0 Å². The van der Waals surface area contributed by atoms with Crippen LogP contribution in [0.1, 0.15) is 49.7 Å². The first kappa shape index (κ1) is 22.7. The van der Waals surface area contributed by atoms with Gasteiger partial charge in [-0.3, -0.25) is 4.79 Å². The van der Waals surface area contributed by atoms with Gasteiger partial charge in [-0.1, -0.05) is 24.3 Å². The monoisotopic (exact) mass is 446 g/mol. The third-order valence-corrected chi connectivity index (χ3v) is 5.89. The molecule has 0 bridgehead atoms. The van der Waals surface area contributed by atoms with Crippen molar-refractivity contribution in [3.05, 3.63) is 70.6 Å². The molecule has 0 saturated carbocycles. The Morgan fingerprint density at radius 2 is 2.06 bits per heavy atom. The van der Waals surface area contributed by atoms with Crippen molar-refractivity contribution in [2.45, 2.75) is 46.5 Å². The van der Waals surface area contributed by atoms with Gasteiger partial charge in [-0.05, 0) is 51.0 Å². The second-order valence-corrected chi connectivity index (χ2v) is 8.60. The van der Waals surface area contributed by atoms with Crippen LogP contribution in [0, 0.1) is 0 Å². The van der Waals surface area contributed by atoms with E-state index in [-0.39, 0.29) is 18.5 Å². The molecular weight excluding hydrogens is 416 g/mol. The molecule has 4 rings (SSSR count). The van der Waals surface area contributed by atoms with Gasteiger partial charge in [0.2, 0.25) is 0 Å². The molecule has 0 radical (unpaired) electrons. The lowest BCUT2D eigenvalue weighted by atomic mass is 10.0. The van der Waals surface area contributed by atoms with Crippen molar-refractivity contribution in [3.63, 3.8) is 0 Å². The number of amides is 1. The van der Waals surface area contributed by atoms with Crippen LogP contribution >= 0.6 is 0 Å². The van der Waals surface area contributed by atoms with Crippen LogP contribution in [0.3, 0.4) is 0 Å². The first-order chi connectivity index (χ1) is 15.8. The molecule has 3 heterocycles. The Morgan fingerprint density at radius 3 is 2.76 bits per heavy atom. The molecule has 5 N–H and O–H groups in total. The zero-order chi connectivity index (χ0) is 23.7. The van der Waals surface area contributed by atoms with E-state index in [0.717, 1.165) is 28.0 Å². The van der Waals surface area contributed by atoms with E-state index < -0.39 is 6.23 Å². The normalized spacial score (nSPS) is 16.2. The number of fused-ring (bicyclic) bond motifs is 1. The van der Waals surface area contributed by atoms with Crippen LogP contribution < -0.4 is 16.4 Å². The van der Waals surface area contributed by atoms with E-state index in [0.29, 0.717) is 28.8 Å². The summed E-state index contributed by atoms with van der Waals surface area (Å²) in [5.74, 6) is -0.254. The molecule has 1 aliphatic rings. The van der Waals surface area contributed by atoms with Crippen LogP contribution in [0.2, 0.25) is 0 Å². The number of pyridine rings is 1. The molecule has 1 atom stereocenters. The third-order valence-electron chi connectivity index (χ3n) is 5.89. The van der Waals surface area contributed by atoms with Gasteiger partial charge in [-0.25, -0.2) is 9.67 Å². The molecule has 1 unspecified atom stereocenters. The number of carbonyl (C=O) groups excluding carboxylic acids is 1. The van der Waals surface area contributed by atoms with Crippen molar-refractivity contribution in [2.75, 3.05) is 6.54 Å². The van der Waals surface area contributed by atoms with Gasteiger partial charge in [0.25, 0.3) is 5.91 Å². The van der Waals surface area contributed by atoms with Gasteiger partial charge in [-0.2, -0.15) is 5.10 Å². The molecule has 0 spiro atoms. The predicted molar refractivity (Wildman–Crippen MR) is 129 cm³/mol. The second-order valence-electron chi connectivity index (χ2n) is 8.60. The Balaban J connectivity index is 1.76. The van der Waals surface area contributed by atoms with Gasteiger partial charge in [0.1, 0.15) is 6.23 Å². The number of hydrogen-bond donors (Lipinski definition) is 4. The molecule has 0 saturated heterocycles. The average molecular weight is 447 g/mol. The maximum absolute atomic E-state index is 13.4. The maximum atomic E-state index is 13.4. The first-order valence-electron chi connectivity index (χ1n) is 11.1. The van der Waals surface area contributed by atoms with Gasteiger partial charge < -0.3 is 21.5 Å². The minimum absolute atomic E-state index is 0.0807. The minimum Gasteiger partial charge on any atom is -0.370 e. The topological polar surface area (TPSA) is 118 Å². The molecule has 3 aromatic rings. The fraction of sp³-hybridized carbons (Fsp3) is 0.320. The Morgan fingerprint density at radius 1 is 1.30 bits per heavy atom. The quantitative estimate of drug-likeness (QED) is 0.462. The Bertz CT molecular complexity index is 1270. The zero-order valence-corrected chi connectivity index (χ0v) is 19.4. The summed E-state index contributed by atoms with van der Waals surface area (Å²) >= 11 is 0. The average Bonchev–Trinajstić information content (AvgIpc) is 3.21. The zero-order valence-electron chi connectivity index (χ0n) is 19.4. The number of carbonyl (C=O) groups is 1. The Kier molecular flexibility index (Phi) is 6.31. The van der Waals surface area contributed by atoms with Gasteiger partial charge in [0.05, 0.1) is 22.8 Å². The van der Waals surface area contributed by atoms with Gasteiger partial charge in [0.15, 0.2) is 5.65 Å². The lowest BCUT2D eigenvalue weighted by molar-refractivity contribution is 0.0954. The molecule has 0 fully saturated rings. The summed E-state index contributed by atoms with van der Waals surface area (Å²) in [6.45, 7) is 8.45. The summed E-state index contributed by atoms with van der Waals surface area (Å²) in [6.07, 6.45) is 2.81. The van der Waals surface area contributed by atoms with Crippen LogP contribution in [0.4, 0.5) is 0 Å². The SMILES string of the molecule is CC1=CC(C)=C(CNC(=O)c2cc(-c3ccccc3CN)nc3c2cnn3C(C)C)C(O)N1. The summed E-state index contributed by atoms with van der Waals surface area (Å²) < 4.78 is 1.82. The number of dihydropyridines is 1. The van der Waals surface area contributed by atoms with Crippen LogP contribution in [0.15, 0.2) is 59.4 Å². The van der Waals surface area contributed by atoms with Crippen molar-refractivity contribution in [1.29, 1.82) is 0 Å². The number of hydrogen-bond acceptors (Lipinski definition) is 6. The summed E-state index contributed by atoms with van der Waals surface area (Å²) in [7, 11) is 0. The molecular formula is C25H30N6O2. The molecule has 172 valence electrons. The molecule has 8 heteroatoms. The van der Waals surface area contributed by atoms with Crippen molar-refractivity contribution < 1.29 is 9.90 Å². The summed E-state index contributed by atoms with van der Waals surface area (Å²) in [5, 5.41) is 21.5. The lowest BCUT2D eigenvalue weighted by Gasteiger charge is -2.24. The van der Waals surface area contributed by atoms with Gasteiger partial charge in [0, 0.05) is 36.0 Å². The minimum atomic E-state index is -0.830. The molecule has 0 aliphatic carbocycles. The highest BCUT2D eigenvalue weighted by atomic mass is 16.3. The number of nitrogens with two attached hydrogens (primary N) is 1. The van der Waals surface area contributed by atoms with E-state index in [9.17, 15) is 9.90 Å². The van der Waals surface area contributed by atoms with E-state index in [1.807, 2.05) is 62.7 Å². The number of allylic oxidation sites excluding steroid dienone is 3. The van der Waals surface area contributed by atoms with Crippen LogP contribution in [-0.2, 0) is 6.54 Å². The highest BCUT2D eigenvalue weighted by Crippen LogP contribution is 2.28. The third kappa shape index (κ3) is 4.40. The van der Waals surface area contributed by atoms with Crippen molar-refractivity contribution in [3.8, 4) is 11.3 Å². The van der Waals surface area contributed by atoms with E-state index in [4.69, 9.17) is 10.7 Å². The van der Waals surface area contributed by atoms with Crippen LogP contribution in [0.5, 0.6) is 0 Å². The number of nitrogens with one attached hydrogen (secondary N) is 2. The number of aromatic nitrogens is 3. The fourth-order valence-electron chi connectivity index (χ4n) is 4.15. The van der Waals surface area contributed by atoms with Crippen molar-refractivity contribution in [2.24, 2.45) is 5.73 Å². The highest BCUT2D eigenvalue weighted by Gasteiger charge is 2.22. The number of benzene rings is 1. The van der Waals surface area contributed by atoms with Gasteiger partial charge >= 0.3 is 0 Å². The molecule has 1 amide bonds.